The fourth-order valence-corrected chi connectivity index (χ4v) is 4.09. The summed E-state index contributed by atoms with van der Waals surface area (Å²) < 4.78 is 42.0. The quantitative estimate of drug-likeness (QED) is 0.713. The number of H-pyrrole nitrogens is 1. The molecular formula is C18H15ClF3N5O. The van der Waals surface area contributed by atoms with Crippen molar-refractivity contribution in [2.24, 2.45) is 5.92 Å². The number of alkyl halides is 2. The van der Waals surface area contributed by atoms with Gasteiger partial charge in [0.15, 0.2) is 17.5 Å². The number of aromatic amines is 1. The van der Waals surface area contributed by atoms with Crippen LogP contribution in [0.2, 0.25) is 5.02 Å². The SMILES string of the molecule is O=C(c1nc2c(F)ccc(Cl)c2[nH]1)N1Cc2cnc(C(F)F)n2C[C@@H]1C1CC1. The Morgan fingerprint density at radius 3 is 2.79 bits per heavy atom. The highest BCUT2D eigenvalue weighted by atomic mass is 35.5. The molecule has 1 aliphatic heterocycles. The van der Waals surface area contributed by atoms with Crippen molar-refractivity contribution in [2.45, 2.75) is 38.4 Å². The second-order valence-corrected chi connectivity index (χ2v) is 7.60. The summed E-state index contributed by atoms with van der Waals surface area (Å²) in [6.45, 7) is 0.410. The molecule has 1 atom stereocenters. The number of fused-ring (bicyclic) bond motifs is 2. The third kappa shape index (κ3) is 2.68. The number of nitrogens with zero attached hydrogens (tertiary/aromatic N) is 4. The van der Waals surface area contributed by atoms with Gasteiger partial charge < -0.3 is 14.5 Å². The van der Waals surface area contributed by atoms with Gasteiger partial charge in [0.2, 0.25) is 0 Å². The van der Waals surface area contributed by atoms with Gasteiger partial charge in [-0.1, -0.05) is 11.6 Å². The third-order valence-electron chi connectivity index (χ3n) is 5.44. The molecule has 6 nitrogen and oxygen atoms in total. The van der Waals surface area contributed by atoms with Gasteiger partial charge in [-0.2, -0.15) is 0 Å². The molecule has 1 saturated carbocycles. The number of hydrogen-bond donors (Lipinski definition) is 1. The Hall–Kier alpha value is -2.55. The first kappa shape index (κ1) is 17.5. The van der Waals surface area contributed by atoms with Crippen molar-refractivity contribution < 1.29 is 18.0 Å². The minimum atomic E-state index is -2.67. The number of rotatable bonds is 3. The number of nitrogens with one attached hydrogen (secondary N) is 1. The van der Waals surface area contributed by atoms with Crippen molar-refractivity contribution >= 4 is 28.5 Å². The Morgan fingerprint density at radius 2 is 2.11 bits per heavy atom. The monoisotopic (exact) mass is 409 g/mol. The maximum Gasteiger partial charge on any atom is 0.295 e. The van der Waals surface area contributed by atoms with Crippen LogP contribution in [-0.2, 0) is 13.1 Å². The van der Waals surface area contributed by atoms with Crippen LogP contribution in [0.15, 0.2) is 18.3 Å². The van der Waals surface area contributed by atoms with Crippen LogP contribution in [0.4, 0.5) is 13.2 Å². The molecule has 2 aromatic heterocycles. The zero-order valence-electron chi connectivity index (χ0n) is 14.5. The number of halogens is 4. The predicted octanol–water partition coefficient (Wildman–Crippen LogP) is 3.92. The van der Waals surface area contributed by atoms with Gasteiger partial charge in [0, 0.05) is 6.54 Å². The van der Waals surface area contributed by atoms with Crippen LogP contribution in [0.25, 0.3) is 11.0 Å². The Labute approximate surface area is 162 Å². The molecule has 1 N–H and O–H groups in total. The van der Waals surface area contributed by atoms with E-state index in [9.17, 15) is 18.0 Å². The van der Waals surface area contributed by atoms with Crippen LogP contribution in [0.3, 0.4) is 0 Å². The third-order valence-corrected chi connectivity index (χ3v) is 5.76. The van der Waals surface area contributed by atoms with Crippen LogP contribution in [0.1, 0.15) is 41.4 Å². The summed E-state index contributed by atoms with van der Waals surface area (Å²) in [5, 5.41) is 0.264. The number of aromatic nitrogens is 4. The molecule has 0 unspecified atom stereocenters. The topological polar surface area (TPSA) is 66.8 Å². The molecule has 0 bridgehead atoms. The average molecular weight is 410 g/mol. The zero-order chi connectivity index (χ0) is 19.6. The number of imidazole rings is 2. The first-order chi connectivity index (χ1) is 13.4. The zero-order valence-corrected chi connectivity index (χ0v) is 15.3. The summed E-state index contributed by atoms with van der Waals surface area (Å²) in [6.07, 6.45) is 0.572. The number of carbonyl (C=O) groups is 1. The molecule has 146 valence electrons. The van der Waals surface area contributed by atoms with Crippen LogP contribution in [0, 0.1) is 11.7 Å². The minimum Gasteiger partial charge on any atom is -0.333 e. The molecular weight excluding hydrogens is 395 g/mol. The fraction of sp³-hybridized carbons (Fsp3) is 0.389. The molecule has 1 aromatic carbocycles. The molecule has 0 saturated heterocycles. The van der Waals surface area contributed by atoms with Crippen LogP contribution in [-0.4, -0.2) is 36.4 Å². The van der Waals surface area contributed by atoms with Crippen molar-refractivity contribution in [1.82, 2.24) is 24.4 Å². The molecule has 10 heteroatoms. The Kier molecular flexibility index (Phi) is 3.90. The molecule has 5 rings (SSSR count). The van der Waals surface area contributed by atoms with Crippen LogP contribution in [0.5, 0.6) is 0 Å². The Morgan fingerprint density at radius 1 is 1.32 bits per heavy atom. The minimum absolute atomic E-state index is 0.000796. The van der Waals surface area contributed by atoms with E-state index in [1.54, 1.807) is 4.90 Å². The van der Waals surface area contributed by atoms with E-state index in [1.807, 2.05) is 0 Å². The lowest BCUT2D eigenvalue weighted by Gasteiger charge is -2.36. The standard InChI is InChI=1S/C18H15ClF3N5O/c19-10-3-4-11(20)14-13(10)24-16(25-14)18(28)27-6-9-5-23-17(15(21)22)26(9)7-12(27)8-1-2-8/h3-5,8,12,15H,1-2,6-7H2,(H,24,25)/t12-/m1/s1. The van der Waals surface area contributed by atoms with Gasteiger partial charge >= 0.3 is 0 Å². The molecule has 3 heterocycles. The van der Waals surface area contributed by atoms with Crippen molar-refractivity contribution in [3.05, 3.63) is 46.5 Å². The average Bonchev–Trinajstić information content (AvgIpc) is 3.26. The lowest BCUT2D eigenvalue weighted by molar-refractivity contribution is 0.0529. The largest absolute Gasteiger partial charge is 0.333 e. The predicted molar refractivity (Wildman–Crippen MR) is 94.6 cm³/mol. The number of amides is 1. The van der Waals surface area contributed by atoms with E-state index in [0.717, 1.165) is 12.8 Å². The van der Waals surface area contributed by atoms with Gasteiger partial charge in [0.1, 0.15) is 5.52 Å². The van der Waals surface area contributed by atoms with E-state index in [1.165, 1.54) is 22.9 Å². The van der Waals surface area contributed by atoms with E-state index in [0.29, 0.717) is 5.69 Å². The molecule has 3 aromatic rings. The highest BCUT2D eigenvalue weighted by molar-refractivity contribution is 6.35. The number of hydrogen-bond acceptors (Lipinski definition) is 3. The fourth-order valence-electron chi connectivity index (χ4n) is 3.89. The first-order valence-corrected chi connectivity index (χ1v) is 9.29. The molecule has 0 radical (unpaired) electrons. The van der Waals surface area contributed by atoms with E-state index in [-0.39, 0.29) is 52.8 Å². The van der Waals surface area contributed by atoms with Crippen LogP contribution >= 0.6 is 11.6 Å². The smallest absolute Gasteiger partial charge is 0.295 e. The van der Waals surface area contributed by atoms with Gasteiger partial charge in [-0.25, -0.2) is 23.1 Å². The van der Waals surface area contributed by atoms with Gasteiger partial charge in [-0.3, -0.25) is 4.79 Å². The molecule has 28 heavy (non-hydrogen) atoms. The van der Waals surface area contributed by atoms with Gasteiger partial charge in [0.25, 0.3) is 12.3 Å². The van der Waals surface area contributed by atoms with Gasteiger partial charge in [-0.15, -0.1) is 0 Å². The van der Waals surface area contributed by atoms with Gasteiger partial charge in [0.05, 0.1) is 35.0 Å². The molecule has 1 amide bonds. The van der Waals surface area contributed by atoms with Crippen molar-refractivity contribution in [3.63, 3.8) is 0 Å². The summed E-state index contributed by atoms with van der Waals surface area (Å²) >= 11 is 6.08. The number of carbonyl (C=O) groups excluding carboxylic acids is 1. The first-order valence-electron chi connectivity index (χ1n) is 8.91. The van der Waals surface area contributed by atoms with E-state index < -0.39 is 18.1 Å². The van der Waals surface area contributed by atoms with E-state index in [2.05, 4.69) is 15.0 Å². The molecule has 0 spiro atoms. The van der Waals surface area contributed by atoms with E-state index >= 15 is 0 Å². The summed E-state index contributed by atoms with van der Waals surface area (Å²) in [5.74, 6) is -1.03. The molecule has 1 fully saturated rings. The highest BCUT2D eigenvalue weighted by Gasteiger charge is 2.42. The lowest BCUT2D eigenvalue weighted by Crippen LogP contribution is -2.48. The summed E-state index contributed by atoms with van der Waals surface area (Å²) in [4.78, 5) is 25.5. The maximum atomic E-state index is 14.0. The molecule has 2 aliphatic rings. The second kappa shape index (κ2) is 6.23. The van der Waals surface area contributed by atoms with Crippen molar-refractivity contribution in [1.29, 1.82) is 0 Å². The Bertz CT molecular complexity index is 1050. The second-order valence-electron chi connectivity index (χ2n) is 7.20. The summed E-state index contributed by atoms with van der Waals surface area (Å²) in [6, 6.07) is 2.35. The van der Waals surface area contributed by atoms with Crippen LogP contribution < -0.4 is 0 Å². The Balaban J connectivity index is 1.53. The summed E-state index contributed by atoms with van der Waals surface area (Å²) in [5.41, 5.74) is 0.803. The van der Waals surface area contributed by atoms with Crippen molar-refractivity contribution in [3.8, 4) is 0 Å². The molecule has 1 aliphatic carbocycles. The maximum absolute atomic E-state index is 14.0. The van der Waals surface area contributed by atoms with E-state index in [4.69, 9.17) is 11.6 Å². The highest BCUT2D eigenvalue weighted by Crippen LogP contribution is 2.40. The van der Waals surface area contributed by atoms with Crippen molar-refractivity contribution in [2.75, 3.05) is 0 Å². The lowest BCUT2D eigenvalue weighted by atomic mass is 10.1. The number of benzene rings is 1. The normalized spacial score (nSPS) is 19.5. The summed E-state index contributed by atoms with van der Waals surface area (Å²) in [7, 11) is 0. The van der Waals surface area contributed by atoms with Gasteiger partial charge in [-0.05, 0) is 30.9 Å².